The molecule has 1 saturated heterocycles. The Labute approximate surface area is 189 Å². The van der Waals surface area contributed by atoms with Crippen LogP contribution in [0.25, 0.3) is 0 Å². The zero-order chi connectivity index (χ0) is 22.8. The maximum atomic E-state index is 13.1. The van der Waals surface area contributed by atoms with Gasteiger partial charge in [-0.15, -0.1) is 0 Å². The zero-order valence-electron chi connectivity index (χ0n) is 19.5. The summed E-state index contributed by atoms with van der Waals surface area (Å²) in [6.45, 7) is 8.35. The van der Waals surface area contributed by atoms with E-state index in [2.05, 4.69) is 35.5 Å². The lowest BCUT2D eigenvalue weighted by atomic mass is 9.89. The number of aryl methyl sites for hydroxylation is 3. The first-order chi connectivity index (χ1) is 15.4. The van der Waals surface area contributed by atoms with E-state index in [1.54, 1.807) is 7.11 Å². The molecular formula is C25H33N3O4. The smallest absolute Gasteiger partial charge is 0.309 e. The van der Waals surface area contributed by atoms with E-state index in [4.69, 9.17) is 9.47 Å². The molecule has 7 nitrogen and oxygen atoms in total. The normalized spacial score (nSPS) is 18.9. The first-order valence-corrected chi connectivity index (χ1v) is 11.6. The van der Waals surface area contributed by atoms with E-state index in [0.29, 0.717) is 44.1 Å². The quantitative estimate of drug-likeness (QED) is 0.665. The van der Waals surface area contributed by atoms with Gasteiger partial charge in [0.05, 0.1) is 19.6 Å². The number of amides is 1. The van der Waals surface area contributed by atoms with Crippen LogP contribution in [0.1, 0.15) is 65.1 Å². The van der Waals surface area contributed by atoms with Crippen LogP contribution in [0, 0.1) is 19.8 Å². The Morgan fingerprint density at radius 2 is 1.81 bits per heavy atom. The Balaban J connectivity index is 1.43. The molecule has 0 radical (unpaired) electrons. The molecular weight excluding hydrogens is 406 g/mol. The molecule has 7 heteroatoms. The summed E-state index contributed by atoms with van der Waals surface area (Å²) in [7, 11) is 1.71. The molecule has 2 aliphatic rings. The lowest BCUT2D eigenvalue weighted by Crippen LogP contribution is -2.40. The van der Waals surface area contributed by atoms with Crippen LogP contribution in [-0.2, 0) is 22.5 Å². The molecule has 2 aliphatic heterocycles. The summed E-state index contributed by atoms with van der Waals surface area (Å²) >= 11 is 0. The van der Waals surface area contributed by atoms with E-state index in [1.165, 1.54) is 5.56 Å². The zero-order valence-corrected chi connectivity index (χ0v) is 19.5. The van der Waals surface area contributed by atoms with Gasteiger partial charge in [0.2, 0.25) is 0 Å². The van der Waals surface area contributed by atoms with Crippen LogP contribution in [0.4, 0.5) is 0 Å². The van der Waals surface area contributed by atoms with Gasteiger partial charge in [-0.05, 0) is 56.7 Å². The van der Waals surface area contributed by atoms with E-state index < -0.39 is 0 Å². The number of nitrogens with zero attached hydrogens (tertiary/aromatic N) is 3. The molecule has 1 unspecified atom stereocenters. The first-order valence-electron chi connectivity index (χ1n) is 11.6. The number of likely N-dealkylation sites (tertiary alicyclic amines) is 1. The Morgan fingerprint density at radius 3 is 2.44 bits per heavy atom. The number of aromatic nitrogens is 2. The summed E-state index contributed by atoms with van der Waals surface area (Å²) in [6.07, 6.45) is 5.07. The third-order valence-corrected chi connectivity index (χ3v) is 6.77. The Morgan fingerprint density at radius 1 is 1.12 bits per heavy atom. The highest BCUT2D eigenvalue weighted by atomic mass is 16.5. The molecule has 1 fully saturated rings. The van der Waals surface area contributed by atoms with E-state index in [1.807, 2.05) is 18.0 Å². The number of esters is 1. The van der Waals surface area contributed by atoms with Gasteiger partial charge in [0, 0.05) is 38.2 Å². The number of piperidine rings is 1. The molecule has 172 valence electrons. The molecule has 0 aliphatic carbocycles. The third-order valence-electron chi connectivity index (χ3n) is 6.77. The number of methoxy groups -OCH3 is 1. The highest BCUT2D eigenvalue weighted by Crippen LogP contribution is 2.33. The van der Waals surface area contributed by atoms with Crippen molar-refractivity contribution in [2.75, 3.05) is 26.8 Å². The third kappa shape index (κ3) is 4.38. The highest BCUT2D eigenvalue weighted by Gasteiger charge is 2.31. The predicted octanol–water partition coefficient (Wildman–Crippen LogP) is 3.65. The van der Waals surface area contributed by atoms with Crippen LogP contribution >= 0.6 is 0 Å². The standard InChI is InChI=1S/C25H33N3O4/c1-5-32-25(30)18-8-10-27(11-9-18)24(29)21-15-28-14-19(6-7-22(28)26-21)20-12-16(2)23(31-4)17(3)13-20/h12-13,15,18-19H,5-11,14H2,1-4H3. The van der Waals surface area contributed by atoms with Crippen molar-refractivity contribution in [2.24, 2.45) is 5.92 Å². The van der Waals surface area contributed by atoms with Gasteiger partial charge >= 0.3 is 5.97 Å². The first kappa shape index (κ1) is 22.4. The Bertz CT molecular complexity index is 982. The van der Waals surface area contributed by atoms with Crippen molar-refractivity contribution in [1.29, 1.82) is 0 Å². The van der Waals surface area contributed by atoms with Crippen molar-refractivity contribution < 1.29 is 19.1 Å². The molecule has 0 N–H and O–H groups in total. The summed E-state index contributed by atoms with van der Waals surface area (Å²) < 4.78 is 12.8. The molecule has 0 saturated carbocycles. The van der Waals surface area contributed by atoms with Crippen LogP contribution < -0.4 is 4.74 Å². The summed E-state index contributed by atoms with van der Waals surface area (Å²) in [6, 6.07) is 4.44. The van der Waals surface area contributed by atoms with Gasteiger partial charge in [0.1, 0.15) is 17.3 Å². The number of hydrogen-bond donors (Lipinski definition) is 0. The van der Waals surface area contributed by atoms with Crippen molar-refractivity contribution in [3.63, 3.8) is 0 Å². The second-order valence-electron chi connectivity index (χ2n) is 8.94. The number of ether oxygens (including phenoxy) is 2. The van der Waals surface area contributed by atoms with Crippen molar-refractivity contribution in [3.8, 4) is 5.75 Å². The van der Waals surface area contributed by atoms with E-state index >= 15 is 0 Å². The monoisotopic (exact) mass is 439 g/mol. The summed E-state index contributed by atoms with van der Waals surface area (Å²) in [4.78, 5) is 31.5. The number of rotatable bonds is 5. The lowest BCUT2D eigenvalue weighted by Gasteiger charge is -2.30. The lowest BCUT2D eigenvalue weighted by molar-refractivity contribution is -0.149. The minimum atomic E-state index is -0.146. The van der Waals surface area contributed by atoms with E-state index in [0.717, 1.165) is 42.1 Å². The number of carbonyl (C=O) groups is 2. The Hall–Kier alpha value is -2.83. The number of imidazole rings is 1. The number of fused-ring (bicyclic) bond motifs is 1. The van der Waals surface area contributed by atoms with Crippen molar-refractivity contribution in [3.05, 3.63) is 46.5 Å². The predicted molar refractivity (Wildman–Crippen MR) is 121 cm³/mol. The fourth-order valence-electron chi connectivity index (χ4n) is 5.10. The number of benzene rings is 1. The second-order valence-corrected chi connectivity index (χ2v) is 8.94. The van der Waals surface area contributed by atoms with Crippen LogP contribution in [0.15, 0.2) is 18.3 Å². The van der Waals surface area contributed by atoms with Gasteiger partial charge in [-0.2, -0.15) is 0 Å². The Kier molecular flexibility index (Phi) is 6.53. The van der Waals surface area contributed by atoms with Gasteiger partial charge in [-0.1, -0.05) is 12.1 Å². The van der Waals surface area contributed by atoms with Crippen molar-refractivity contribution in [2.45, 2.75) is 58.9 Å². The minimum Gasteiger partial charge on any atom is -0.496 e. The van der Waals surface area contributed by atoms with Crippen LogP contribution in [0.3, 0.4) is 0 Å². The van der Waals surface area contributed by atoms with Gasteiger partial charge < -0.3 is 18.9 Å². The SMILES string of the molecule is CCOC(=O)C1CCN(C(=O)c2cn3c(n2)CCC(c2cc(C)c(OC)c(C)c2)C3)CC1. The largest absolute Gasteiger partial charge is 0.496 e. The van der Waals surface area contributed by atoms with E-state index in [-0.39, 0.29) is 17.8 Å². The fourth-order valence-corrected chi connectivity index (χ4v) is 5.10. The topological polar surface area (TPSA) is 73.7 Å². The maximum absolute atomic E-state index is 13.1. The summed E-state index contributed by atoms with van der Waals surface area (Å²) in [5.74, 6) is 2.03. The molecule has 0 spiro atoms. The molecule has 4 rings (SSSR count). The number of carbonyl (C=O) groups excluding carboxylic acids is 2. The fraction of sp³-hybridized carbons (Fsp3) is 0.560. The van der Waals surface area contributed by atoms with Crippen LogP contribution in [-0.4, -0.2) is 53.1 Å². The van der Waals surface area contributed by atoms with Gasteiger partial charge in [0.25, 0.3) is 5.91 Å². The van der Waals surface area contributed by atoms with Gasteiger partial charge in [-0.25, -0.2) is 4.98 Å². The van der Waals surface area contributed by atoms with Gasteiger partial charge in [-0.3, -0.25) is 9.59 Å². The van der Waals surface area contributed by atoms with Gasteiger partial charge in [0.15, 0.2) is 0 Å². The molecule has 1 aromatic heterocycles. The molecule has 32 heavy (non-hydrogen) atoms. The van der Waals surface area contributed by atoms with Crippen LogP contribution in [0.5, 0.6) is 5.75 Å². The molecule has 2 aromatic rings. The highest BCUT2D eigenvalue weighted by molar-refractivity contribution is 5.92. The van der Waals surface area contributed by atoms with E-state index in [9.17, 15) is 9.59 Å². The summed E-state index contributed by atoms with van der Waals surface area (Å²) in [5, 5.41) is 0. The molecule has 1 atom stereocenters. The average molecular weight is 440 g/mol. The number of hydrogen-bond acceptors (Lipinski definition) is 5. The van der Waals surface area contributed by atoms with Crippen LogP contribution in [0.2, 0.25) is 0 Å². The summed E-state index contributed by atoms with van der Waals surface area (Å²) in [5.41, 5.74) is 4.13. The molecule has 3 heterocycles. The molecule has 1 amide bonds. The van der Waals surface area contributed by atoms with Crippen molar-refractivity contribution >= 4 is 11.9 Å². The maximum Gasteiger partial charge on any atom is 0.309 e. The van der Waals surface area contributed by atoms with Crippen molar-refractivity contribution in [1.82, 2.24) is 14.5 Å². The minimum absolute atomic E-state index is 0.0399. The molecule has 0 bridgehead atoms. The second kappa shape index (κ2) is 9.35. The molecule has 1 aromatic carbocycles. The average Bonchev–Trinajstić information content (AvgIpc) is 3.22.